The number of hydrogen-bond acceptors (Lipinski definition) is 14. The van der Waals surface area contributed by atoms with Crippen molar-refractivity contribution in [2.24, 2.45) is 0 Å². The zero-order valence-corrected chi connectivity index (χ0v) is 37.1. The smallest absolute Gasteiger partial charge is 0.408 e. The summed E-state index contributed by atoms with van der Waals surface area (Å²) in [4.78, 5) is 62.2. The summed E-state index contributed by atoms with van der Waals surface area (Å²) in [6.07, 6.45) is -0.679. The standard InChI is InChI=1S/C43H63ClN4O14/c1-43(2,3)62-42(56)47-30(40(55)58-5)16-11-12-19-45-34(50)17-9-7-8-10-18-35(51)46-23-26-14-13-15-27(20-26)25-60-32-22-31(57-4)28(21-29(32)44)39(54)48-36-38(53)37(52)33(24-49)61-41(36)59-6/h13-15,20-22,30,33,36-38,41,49,52-53H,7-12,16-19,23-25H2,1-6H3,(H,45,50)(H,46,51)(H,47,56)(H,48,54)/t30-,33+,36+,37+,38+,41-/m0/s1. The van der Waals surface area contributed by atoms with Crippen molar-refractivity contribution >= 4 is 41.4 Å². The van der Waals surface area contributed by atoms with E-state index in [1.807, 2.05) is 24.3 Å². The maximum absolute atomic E-state index is 13.3. The Bertz CT molecular complexity index is 1770. The molecule has 6 atom stereocenters. The molecule has 0 aromatic heterocycles. The Morgan fingerprint density at radius 2 is 1.53 bits per heavy atom. The average Bonchev–Trinajstić information content (AvgIpc) is 3.23. The van der Waals surface area contributed by atoms with Gasteiger partial charge in [-0.15, -0.1) is 0 Å². The van der Waals surface area contributed by atoms with E-state index in [9.17, 15) is 39.3 Å². The molecule has 19 heteroatoms. The van der Waals surface area contributed by atoms with E-state index in [2.05, 4.69) is 21.3 Å². The summed E-state index contributed by atoms with van der Waals surface area (Å²) in [6, 6.07) is 8.27. The monoisotopic (exact) mass is 894 g/mol. The summed E-state index contributed by atoms with van der Waals surface area (Å²) in [5.74, 6) is -1.04. The van der Waals surface area contributed by atoms with Crippen molar-refractivity contribution in [3.05, 3.63) is 58.1 Å². The predicted octanol–water partition coefficient (Wildman–Crippen LogP) is 3.42. The number of amides is 4. The van der Waals surface area contributed by atoms with Crippen molar-refractivity contribution in [2.75, 3.05) is 34.5 Å². The van der Waals surface area contributed by atoms with E-state index >= 15 is 0 Å². The van der Waals surface area contributed by atoms with Crippen molar-refractivity contribution < 1.29 is 67.7 Å². The number of aliphatic hydroxyl groups excluding tert-OH is 3. The average molecular weight is 895 g/mol. The van der Waals surface area contributed by atoms with E-state index in [4.69, 9.17) is 40.0 Å². The largest absolute Gasteiger partial charge is 0.496 e. The third kappa shape index (κ3) is 17.2. The van der Waals surface area contributed by atoms with Gasteiger partial charge in [-0.1, -0.05) is 48.7 Å². The van der Waals surface area contributed by atoms with Gasteiger partial charge in [-0.3, -0.25) is 14.4 Å². The van der Waals surface area contributed by atoms with Crippen LogP contribution in [0.25, 0.3) is 0 Å². The fourth-order valence-electron chi connectivity index (χ4n) is 6.49. The van der Waals surface area contributed by atoms with Gasteiger partial charge in [0.2, 0.25) is 11.8 Å². The highest BCUT2D eigenvalue weighted by Gasteiger charge is 2.45. The molecule has 1 saturated heterocycles. The first-order chi connectivity index (χ1) is 29.5. The number of hydrogen-bond donors (Lipinski definition) is 7. The Balaban J connectivity index is 1.34. The maximum atomic E-state index is 13.3. The molecule has 4 amide bonds. The van der Waals surface area contributed by atoms with Crippen LogP contribution < -0.4 is 30.7 Å². The summed E-state index contributed by atoms with van der Waals surface area (Å²) in [5.41, 5.74) is 0.987. The second kappa shape index (κ2) is 26.0. The van der Waals surface area contributed by atoms with Crippen LogP contribution in [0.15, 0.2) is 36.4 Å². The topological polar surface area (TPSA) is 250 Å². The minimum Gasteiger partial charge on any atom is -0.496 e. The molecule has 0 unspecified atom stereocenters. The Kier molecular flexibility index (Phi) is 21.7. The summed E-state index contributed by atoms with van der Waals surface area (Å²) < 4.78 is 32.1. The fraction of sp³-hybridized carbons (Fsp3) is 0.605. The first-order valence-corrected chi connectivity index (χ1v) is 21.0. The molecule has 346 valence electrons. The van der Waals surface area contributed by atoms with E-state index in [0.717, 1.165) is 24.0 Å². The van der Waals surface area contributed by atoms with Crippen LogP contribution in [-0.2, 0) is 46.5 Å². The summed E-state index contributed by atoms with van der Waals surface area (Å²) in [6.45, 7) is 5.50. The Morgan fingerprint density at radius 1 is 0.855 bits per heavy atom. The third-order valence-electron chi connectivity index (χ3n) is 9.76. The third-order valence-corrected chi connectivity index (χ3v) is 10.1. The van der Waals surface area contributed by atoms with Crippen molar-refractivity contribution in [1.82, 2.24) is 21.3 Å². The highest BCUT2D eigenvalue weighted by molar-refractivity contribution is 6.32. The number of nitrogens with one attached hydrogen (secondary N) is 4. The Morgan fingerprint density at radius 3 is 2.16 bits per heavy atom. The lowest BCUT2D eigenvalue weighted by Gasteiger charge is -2.41. The number of alkyl carbamates (subject to hydrolysis) is 1. The number of esters is 1. The maximum Gasteiger partial charge on any atom is 0.408 e. The van der Waals surface area contributed by atoms with Gasteiger partial charge in [0.05, 0.1) is 31.4 Å². The molecule has 0 radical (unpaired) electrons. The fourth-order valence-corrected chi connectivity index (χ4v) is 6.71. The van der Waals surface area contributed by atoms with Crippen molar-refractivity contribution in [3.8, 4) is 11.5 Å². The Labute approximate surface area is 367 Å². The lowest BCUT2D eigenvalue weighted by Crippen LogP contribution is -2.64. The molecule has 2 aromatic carbocycles. The normalized spacial score (nSPS) is 19.1. The molecule has 0 aliphatic carbocycles. The van der Waals surface area contributed by atoms with E-state index < -0.39 is 66.9 Å². The van der Waals surface area contributed by atoms with Crippen LogP contribution in [0.4, 0.5) is 4.79 Å². The number of aliphatic hydroxyl groups is 3. The number of carbonyl (C=O) groups excluding carboxylic acids is 5. The summed E-state index contributed by atoms with van der Waals surface area (Å²) in [7, 11) is 3.92. The lowest BCUT2D eigenvalue weighted by molar-refractivity contribution is -0.261. The van der Waals surface area contributed by atoms with Crippen LogP contribution >= 0.6 is 11.6 Å². The highest BCUT2D eigenvalue weighted by atomic mass is 35.5. The van der Waals surface area contributed by atoms with Crippen molar-refractivity contribution in [2.45, 2.75) is 134 Å². The van der Waals surface area contributed by atoms with Gasteiger partial charge in [-0.05, 0) is 70.1 Å². The van der Waals surface area contributed by atoms with Gasteiger partial charge in [0.1, 0.15) is 54.1 Å². The van der Waals surface area contributed by atoms with Gasteiger partial charge in [0.25, 0.3) is 5.91 Å². The van der Waals surface area contributed by atoms with Crippen LogP contribution in [0.5, 0.6) is 11.5 Å². The van der Waals surface area contributed by atoms with Crippen LogP contribution in [0.2, 0.25) is 5.02 Å². The van der Waals surface area contributed by atoms with Gasteiger partial charge < -0.3 is 65.0 Å². The molecule has 3 rings (SSSR count). The highest BCUT2D eigenvalue weighted by Crippen LogP contribution is 2.34. The molecule has 0 saturated carbocycles. The zero-order valence-electron chi connectivity index (χ0n) is 36.3. The molecular formula is C43H63ClN4O14. The Hall–Kier alpha value is -4.72. The van der Waals surface area contributed by atoms with Gasteiger partial charge in [0.15, 0.2) is 6.29 Å². The minimum absolute atomic E-state index is 0.0252. The molecule has 62 heavy (non-hydrogen) atoms. The van der Waals surface area contributed by atoms with Gasteiger partial charge >= 0.3 is 12.1 Å². The van der Waals surface area contributed by atoms with Crippen molar-refractivity contribution in [3.63, 3.8) is 0 Å². The number of carbonyl (C=O) groups is 5. The molecule has 1 aliphatic rings. The minimum atomic E-state index is -1.50. The first kappa shape index (κ1) is 51.6. The summed E-state index contributed by atoms with van der Waals surface area (Å²) in [5, 5.41) is 41.4. The number of rotatable bonds is 24. The quantitative estimate of drug-likeness (QED) is 0.0590. The molecule has 0 bridgehead atoms. The number of halogens is 1. The molecule has 18 nitrogen and oxygen atoms in total. The van der Waals surface area contributed by atoms with E-state index in [-0.39, 0.29) is 40.5 Å². The zero-order chi connectivity index (χ0) is 45.8. The molecule has 1 aliphatic heterocycles. The van der Waals surface area contributed by atoms with Crippen molar-refractivity contribution in [1.29, 1.82) is 0 Å². The van der Waals surface area contributed by atoms with Crippen LogP contribution in [0, 0.1) is 0 Å². The molecule has 1 fully saturated rings. The van der Waals surface area contributed by atoms with Crippen LogP contribution in [0.3, 0.4) is 0 Å². The van der Waals surface area contributed by atoms with Gasteiger partial charge in [0, 0.05) is 39.1 Å². The van der Waals surface area contributed by atoms with E-state index in [1.54, 1.807) is 20.8 Å². The predicted molar refractivity (Wildman–Crippen MR) is 226 cm³/mol. The number of benzene rings is 2. The first-order valence-electron chi connectivity index (χ1n) is 20.6. The molecule has 7 N–H and O–H groups in total. The molecular weight excluding hydrogens is 832 g/mol. The lowest BCUT2D eigenvalue weighted by atomic mass is 9.96. The summed E-state index contributed by atoms with van der Waals surface area (Å²) >= 11 is 6.51. The number of methoxy groups -OCH3 is 3. The number of ether oxygens (including phenoxy) is 6. The molecule has 2 aromatic rings. The van der Waals surface area contributed by atoms with Gasteiger partial charge in [-0.25, -0.2) is 9.59 Å². The molecule has 0 spiro atoms. The SMILES string of the molecule is COC(=O)[C@H](CCCCNC(=O)CCCCCCC(=O)NCc1cccc(COc2cc(OC)c(C(=O)N[C@H]3[C@@H](OC)O[C@H](CO)[C@@H](O)[C@@H]3O)cc2Cl)c1)NC(=O)OC(C)(C)C. The number of unbranched alkanes of at least 4 members (excludes halogenated alkanes) is 4. The van der Waals surface area contributed by atoms with Crippen LogP contribution in [0.1, 0.15) is 100 Å². The van der Waals surface area contributed by atoms with Gasteiger partial charge in [-0.2, -0.15) is 0 Å². The second-order valence-corrected chi connectivity index (χ2v) is 16.2. The van der Waals surface area contributed by atoms with Crippen LogP contribution in [-0.4, -0.2) is 122 Å². The van der Waals surface area contributed by atoms with E-state index in [0.29, 0.717) is 58.0 Å². The second-order valence-electron chi connectivity index (χ2n) is 15.8. The van der Waals surface area contributed by atoms with E-state index in [1.165, 1.54) is 33.5 Å². The molecule has 1 heterocycles.